The van der Waals surface area contributed by atoms with Crippen LogP contribution < -0.4 is 10.2 Å². The van der Waals surface area contributed by atoms with E-state index >= 15 is 0 Å². The maximum atomic E-state index is 12.4. The van der Waals surface area contributed by atoms with Crippen molar-refractivity contribution in [2.45, 2.75) is 33.2 Å². The van der Waals surface area contributed by atoms with Gasteiger partial charge in [0.1, 0.15) is 6.54 Å². The molecular weight excluding hydrogens is 294 g/mol. The standard InChI is InChI=1S/C17H23N3O3/c1-12-4-6-15(7-5-12)20-10-13(2)19(11-17(20)23)16(22)8-9-18-14(3)21/h4-7,13H,8-11H2,1-3H3,(H,18,21)/t13-/m0/s1. The molecule has 0 bridgehead atoms. The molecule has 1 N–H and O–H groups in total. The number of carbonyl (C=O) groups is 3. The molecule has 0 aromatic heterocycles. The Morgan fingerprint density at radius 3 is 2.52 bits per heavy atom. The van der Waals surface area contributed by atoms with Crippen LogP contribution in [0.3, 0.4) is 0 Å². The molecule has 1 aliphatic heterocycles. The van der Waals surface area contributed by atoms with Gasteiger partial charge in [-0.05, 0) is 26.0 Å². The van der Waals surface area contributed by atoms with E-state index in [0.717, 1.165) is 11.3 Å². The first-order valence-corrected chi connectivity index (χ1v) is 7.79. The first-order chi connectivity index (χ1) is 10.9. The van der Waals surface area contributed by atoms with Gasteiger partial charge in [-0.1, -0.05) is 17.7 Å². The second kappa shape index (κ2) is 7.26. The number of aryl methyl sites for hydroxylation is 1. The summed E-state index contributed by atoms with van der Waals surface area (Å²) < 4.78 is 0. The summed E-state index contributed by atoms with van der Waals surface area (Å²) in [5.74, 6) is -0.353. The van der Waals surface area contributed by atoms with Crippen molar-refractivity contribution in [3.63, 3.8) is 0 Å². The summed E-state index contributed by atoms with van der Waals surface area (Å²) in [5, 5.41) is 2.60. The second-order valence-corrected chi connectivity index (χ2v) is 5.94. The Bertz CT molecular complexity index is 598. The Hall–Kier alpha value is -2.37. The molecule has 1 saturated heterocycles. The predicted molar refractivity (Wildman–Crippen MR) is 88.0 cm³/mol. The van der Waals surface area contributed by atoms with Crippen LogP contribution in [0.1, 0.15) is 25.8 Å². The lowest BCUT2D eigenvalue weighted by molar-refractivity contribution is -0.139. The molecule has 1 fully saturated rings. The van der Waals surface area contributed by atoms with Gasteiger partial charge in [-0.15, -0.1) is 0 Å². The summed E-state index contributed by atoms with van der Waals surface area (Å²) in [7, 11) is 0. The molecule has 0 spiro atoms. The summed E-state index contributed by atoms with van der Waals surface area (Å²) in [5.41, 5.74) is 2.00. The van der Waals surface area contributed by atoms with Gasteiger partial charge in [0.15, 0.2) is 0 Å². The molecule has 3 amide bonds. The molecule has 6 nitrogen and oxygen atoms in total. The number of carbonyl (C=O) groups excluding carboxylic acids is 3. The minimum Gasteiger partial charge on any atom is -0.356 e. The van der Waals surface area contributed by atoms with Gasteiger partial charge in [0.05, 0.1) is 0 Å². The monoisotopic (exact) mass is 317 g/mol. The number of benzene rings is 1. The first-order valence-electron chi connectivity index (χ1n) is 7.79. The fourth-order valence-corrected chi connectivity index (χ4v) is 2.65. The Morgan fingerprint density at radius 1 is 1.26 bits per heavy atom. The van der Waals surface area contributed by atoms with E-state index in [1.165, 1.54) is 6.92 Å². The molecule has 1 aliphatic rings. The van der Waals surface area contributed by atoms with Gasteiger partial charge < -0.3 is 15.1 Å². The van der Waals surface area contributed by atoms with Crippen LogP contribution in [0, 0.1) is 6.92 Å². The number of anilines is 1. The number of rotatable bonds is 4. The van der Waals surface area contributed by atoms with Crippen molar-refractivity contribution in [3.8, 4) is 0 Å². The Balaban J connectivity index is 1.98. The van der Waals surface area contributed by atoms with E-state index in [-0.39, 0.29) is 36.7 Å². The zero-order valence-corrected chi connectivity index (χ0v) is 13.8. The molecule has 1 aromatic carbocycles. The van der Waals surface area contributed by atoms with E-state index in [2.05, 4.69) is 5.32 Å². The molecule has 2 rings (SSSR count). The molecular formula is C17H23N3O3. The van der Waals surface area contributed by atoms with Crippen LogP contribution in [0.2, 0.25) is 0 Å². The number of amides is 3. The quantitative estimate of drug-likeness (QED) is 0.903. The van der Waals surface area contributed by atoms with Crippen molar-refractivity contribution in [3.05, 3.63) is 29.8 Å². The van der Waals surface area contributed by atoms with Gasteiger partial charge in [0.25, 0.3) is 0 Å². The Labute approximate surface area is 136 Å². The Morgan fingerprint density at radius 2 is 1.91 bits per heavy atom. The van der Waals surface area contributed by atoms with E-state index < -0.39 is 0 Å². The van der Waals surface area contributed by atoms with Crippen molar-refractivity contribution < 1.29 is 14.4 Å². The maximum Gasteiger partial charge on any atom is 0.246 e. The summed E-state index contributed by atoms with van der Waals surface area (Å²) in [6.07, 6.45) is 0.210. The highest BCUT2D eigenvalue weighted by Crippen LogP contribution is 2.21. The average molecular weight is 317 g/mol. The van der Waals surface area contributed by atoms with Crippen molar-refractivity contribution >= 4 is 23.4 Å². The number of nitrogens with zero attached hydrogens (tertiary/aromatic N) is 2. The highest BCUT2D eigenvalue weighted by Gasteiger charge is 2.32. The number of hydrogen-bond acceptors (Lipinski definition) is 3. The minimum absolute atomic E-state index is 0.0566. The summed E-state index contributed by atoms with van der Waals surface area (Å²) in [6, 6.07) is 7.73. The van der Waals surface area contributed by atoms with Crippen LogP contribution in [0.25, 0.3) is 0 Å². The van der Waals surface area contributed by atoms with Crippen LogP contribution in [-0.2, 0) is 14.4 Å². The fraction of sp³-hybridized carbons (Fsp3) is 0.471. The molecule has 23 heavy (non-hydrogen) atoms. The lowest BCUT2D eigenvalue weighted by Crippen LogP contribution is -2.57. The largest absolute Gasteiger partial charge is 0.356 e. The lowest BCUT2D eigenvalue weighted by Gasteiger charge is -2.39. The van der Waals surface area contributed by atoms with Crippen molar-refractivity contribution in [1.82, 2.24) is 10.2 Å². The SMILES string of the molecule is CC(=O)NCCC(=O)N1CC(=O)N(c2ccc(C)cc2)C[C@@H]1C. The summed E-state index contributed by atoms with van der Waals surface area (Å²) in [6.45, 7) is 6.20. The Kier molecular flexibility index (Phi) is 5.36. The van der Waals surface area contributed by atoms with Crippen LogP contribution in [-0.4, -0.2) is 48.3 Å². The first kappa shape index (κ1) is 17.0. The average Bonchev–Trinajstić information content (AvgIpc) is 2.49. The zero-order chi connectivity index (χ0) is 17.0. The molecule has 0 saturated carbocycles. The third kappa shape index (κ3) is 4.31. The predicted octanol–water partition coefficient (Wildman–Crippen LogP) is 1.08. The van der Waals surface area contributed by atoms with Crippen LogP contribution in [0.4, 0.5) is 5.69 Å². The van der Waals surface area contributed by atoms with E-state index in [9.17, 15) is 14.4 Å². The van der Waals surface area contributed by atoms with Gasteiger partial charge >= 0.3 is 0 Å². The van der Waals surface area contributed by atoms with Crippen molar-refractivity contribution in [1.29, 1.82) is 0 Å². The third-order valence-electron chi connectivity index (χ3n) is 3.96. The van der Waals surface area contributed by atoms with Gasteiger partial charge in [0, 0.05) is 38.2 Å². The van der Waals surface area contributed by atoms with E-state index in [4.69, 9.17) is 0 Å². The molecule has 124 valence electrons. The normalized spacial score (nSPS) is 18.0. The highest BCUT2D eigenvalue weighted by molar-refractivity contribution is 5.98. The molecule has 1 atom stereocenters. The second-order valence-electron chi connectivity index (χ2n) is 5.94. The van der Waals surface area contributed by atoms with Crippen molar-refractivity contribution in [2.24, 2.45) is 0 Å². The van der Waals surface area contributed by atoms with Crippen LogP contribution in [0.15, 0.2) is 24.3 Å². The van der Waals surface area contributed by atoms with Crippen LogP contribution in [0.5, 0.6) is 0 Å². The lowest BCUT2D eigenvalue weighted by atomic mass is 10.1. The van der Waals surface area contributed by atoms with Crippen LogP contribution >= 0.6 is 0 Å². The topological polar surface area (TPSA) is 69.7 Å². The third-order valence-corrected chi connectivity index (χ3v) is 3.96. The van der Waals surface area contributed by atoms with E-state index in [0.29, 0.717) is 13.1 Å². The maximum absolute atomic E-state index is 12.4. The highest BCUT2D eigenvalue weighted by atomic mass is 16.2. The van der Waals surface area contributed by atoms with Gasteiger partial charge in [-0.2, -0.15) is 0 Å². The molecule has 0 aliphatic carbocycles. The summed E-state index contributed by atoms with van der Waals surface area (Å²) in [4.78, 5) is 38.8. The minimum atomic E-state index is -0.161. The molecule has 1 heterocycles. The van der Waals surface area contributed by atoms with Crippen molar-refractivity contribution in [2.75, 3.05) is 24.5 Å². The van der Waals surface area contributed by atoms with Gasteiger partial charge in [0.2, 0.25) is 17.7 Å². The fourth-order valence-electron chi connectivity index (χ4n) is 2.65. The summed E-state index contributed by atoms with van der Waals surface area (Å²) >= 11 is 0. The van der Waals surface area contributed by atoms with Gasteiger partial charge in [-0.3, -0.25) is 14.4 Å². The molecule has 1 aromatic rings. The van der Waals surface area contributed by atoms with E-state index in [1.807, 2.05) is 38.1 Å². The smallest absolute Gasteiger partial charge is 0.246 e. The molecule has 6 heteroatoms. The van der Waals surface area contributed by atoms with Gasteiger partial charge in [-0.25, -0.2) is 0 Å². The molecule has 0 radical (unpaired) electrons. The zero-order valence-electron chi connectivity index (χ0n) is 13.8. The number of nitrogens with one attached hydrogen (secondary N) is 1. The number of piperazine rings is 1. The van der Waals surface area contributed by atoms with E-state index in [1.54, 1.807) is 9.80 Å². The number of hydrogen-bond donors (Lipinski definition) is 1. The molecule has 0 unspecified atom stereocenters.